The van der Waals surface area contributed by atoms with Gasteiger partial charge in [0.05, 0.1) is 0 Å². The third-order valence-electron chi connectivity index (χ3n) is 4.58. The number of aryl methyl sites for hydroxylation is 1. The summed E-state index contributed by atoms with van der Waals surface area (Å²) in [4.78, 5) is 2.40. The standard InChI is InChI=1S/C16H23N3/c1-18-7-6-15(14(10-17)11-18)12-3-4-16-13(9-12)5-8-19(16)2/h3-5,8-9,14-15H,6-7,10-11,17H2,1-2H3. The first-order valence-electron chi connectivity index (χ1n) is 7.12. The summed E-state index contributed by atoms with van der Waals surface area (Å²) in [7, 11) is 4.29. The van der Waals surface area contributed by atoms with Crippen molar-refractivity contribution in [1.82, 2.24) is 9.47 Å². The van der Waals surface area contributed by atoms with Crippen LogP contribution in [0.3, 0.4) is 0 Å². The van der Waals surface area contributed by atoms with E-state index in [9.17, 15) is 0 Å². The highest BCUT2D eigenvalue weighted by molar-refractivity contribution is 5.80. The number of piperidine rings is 1. The van der Waals surface area contributed by atoms with Gasteiger partial charge in [0.25, 0.3) is 0 Å². The molecule has 0 spiro atoms. The molecule has 1 aliphatic heterocycles. The quantitative estimate of drug-likeness (QED) is 0.894. The SMILES string of the molecule is CN1CCC(c2ccc3c(ccn3C)c2)C(CN)C1. The predicted octanol–water partition coefficient (Wildman–Crippen LogP) is 2.17. The Balaban J connectivity index is 1.94. The number of rotatable bonds is 2. The van der Waals surface area contributed by atoms with Gasteiger partial charge < -0.3 is 15.2 Å². The van der Waals surface area contributed by atoms with Crippen molar-refractivity contribution in [3.05, 3.63) is 36.0 Å². The molecular weight excluding hydrogens is 234 g/mol. The molecule has 0 saturated carbocycles. The second kappa shape index (κ2) is 4.99. The van der Waals surface area contributed by atoms with Gasteiger partial charge in [0.2, 0.25) is 0 Å². The Morgan fingerprint density at radius 3 is 2.89 bits per heavy atom. The summed E-state index contributed by atoms with van der Waals surface area (Å²) in [5.74, 6) is 1.20. The van der Waals surface area contributed by atoms with Gasteiger partial charge >= 0.3 is 0 Å². The minimum Gasteiger partial charge on any atom is -0.351 e. The lowest BCUT2D eigenvalue weighted by atomic mass is 9.80. The predicted molar refractivity (Wildman–Crippen MR) is 80.3 cm³/mol. The van der Waals surface area contributed by atoms with Crippen LogP contribution in [-0.4, -0.2) is 36.1 Å². The monoisotopic (exact) mass is 257 g/mol. The zero-order chi connectivity index (χ0) is 13.4. The molecule has 2 aromatic rings. The van der Waals surface area contributed by atoms with E-state index in [-0.39, 0.29) is 0 Å². The van der Waals surface area contributed by atoms with Crippen molar-refractivity contribution >= 4 is 10.9 Å². The second-order valence-corrected chi connectivity index (χ2v) is 5.90. The lowest BCUT2D eigenvalue weighted by Gasteiger charge is -2.36. The highest BCUT2D eigenvalue weighted by Crippen LogP contribution is 2.33. The van der Waals surface area contributed by atoms with Crippen LogP contribution in [0.25, 0.3) is 10.9 Å². The number of likely N-dealkylation sites (tertiary alicyclic amines) is 1. The molecule has 0 bridgehead atoms. The number of aromatic nitrogens is 1. The Morgan fingerprint density at radius 1 is 1.26 bits per heavy atom. The van der Waals surface area contributed by atoms with E-state index in [4.69, 9.17) is 5.73 Å². The zero-order valence-corrected chi connectivity index (χ0v) is 11.8. The minimum absolute atomic E-state index is 0.583. The maximum absolute atomic E-state index is 5.98. The van der Waals surface area contributed by atoms with Crippen LogP contribution < -0.4 is 5.73 Å². The van der Waals surface area contributed by atoms with Crippen LogP contribution >= 0.6 is 0 Å². The first-order chi connectivity index (χ1) is 9.19. The first-order valence-corrected chi connectivity index (χ1v) is 7.12. The van der Waals surface area contributed by atoms with Gasteiger partial charge in [-0.05, 0) is 67.5 Å². The second-order valence-electron chi connectivity index (χ2n) is 5.90. The smallest absolute Gasteiger partial charge is 0.0477 e. The number of hydrogen-bond acceptors (Lipinski definition) is 2. The molecule has 1 saturated heterocycles. The Labute approximate surface area is 115 Å². The zero-order valence-electron chi connectivity index (χ0n) is 11.8. The van der Waals surface area contributed by atoms with E-state index in [0.717, 1.165) is 13.1 Å². The Bertz CT molecular complexity index is 572. The molecule has 2 N–H and O–H groups in total. The molecule has 0 aliphatic carbocycles. The van der Waals surface area contributed by atoms with Crippen molar-refractivity contribution in [3.8, 4) is 0 Å². The molecule has 1 aromatic carbocycles. The summed E-state index contributed by atoms with van der Waals surface area (Å²) in [5.41, 5.74) is 8.75. The molecule has 3 rings (SSSR count). The van der Waals surface area contributed by atoms with Gasteiger partial charge in [-0.25, -0.2) is 0 Å². The molecule has 102 valence electrons. The highest BCUT2D eigenvalue weighted by Gasteiger charge is 2.27. The van der Waals surface area contributed by atoms with Gasteiger partial charge in [-0.2, -0.15) is 0 Å². The third kappa shape index (κ3) is 2.28. The molecule has 2 unspecified atom stereocenters. The van der Waals surface area contributed by atoms with Crippen molar-refractivity contribution in [3.63, 3.8) is 0 Å². The maximum Gasteiger partial charge on any atom is 0.0477 e. The van der Waals surface area contributed by atoms with E-state index in [0.29, 0.717) is 11.8 Å². The Morgan fingerprint density at radius 2 is 2.11 bits per heavy atom. The highest BCUT2D eigenvalue weighted by atomic mass is 15.1. The van der Waals surface area contributed by atoms with Crippen LogP contribution in [0.15, 0.2) is 30.5 Å². The van der Waals surface area contributed by atoms with Gasteiger partial charge in [-0.1, -0.05) is 6.07 Å². The summed E-state index contributed by atoms with van der Waals surface area (Å²) in [6.45, 7) is 3.07. The van der Waals surface area contributed by atoms with Crippen LogP contribution in [-0.2, 0) is 7.05 Å². The van der Waals surface area contributed by atoms with Gasteiger partial charge in [0, 0.05) is 25.3 Å². The number of nitrogens with zero attached hydrogens (tertiary/aromatic N) is 2. The molecule has 19 heavy (non-hydrogen) atoms. The minimum atomic E-state index is 0.583. The van der Waals surface area contributed by atoms with E-state index in [1.54, 1.807) is 0 Å². The Kier molecular flexibility index (Phi) is 3.33. The summed E-state index contributed by atoms with van der Waals surface area (Å²) >= 11 is 0. The number of benzene rings is 1. The van der Waals surface area contributed by atoms with E-state index >= 15 is 0 Å². The molecule has 0 radical (unpaired) electrons. The van der Waals surface area contributed by atoms with Gasteiger partial charge in [0.1, 0.15) is 0 Å². The fraction of sp³-hybridized carbons (Fsp3) is 0.500. The molecule has 1 aliphatic rings. The van der Waals surface area contributed by atoms with E-state index < -0.39 is 0 Å². The largest absolute Gasteiger partial charge is 0.351 e. The lowest BCUT2D eigenvalue weighted by molar-refractivity contribution is 0.188. The molecule has 3 heteroatoms. The van der Waals surface area contributed by atoms with Crippen LogP contribution in [0.2, 0.25) is 0 Å². The van der Waals surface area contributed by atoms with Crippen LogP contribution in [0.5, 0.6) is 0 Å². The van der Waals surface area contributed by atoms with Crippen molar-refractivity contribution < 1.29 is 0 Å². The van der Waals surface area contributed by atoms with Gasteiger partial charge in [-0.3, -0.25) is 0 Å². The van der Waals surface area contributed by atoms with Crippen molar-refractivity contribution in [2.45, 2.75) is 12.3 Å². The molecular formula is C16H23N3. The van der Waals surface area contributed by atoms with Crippen LogP contribution in [0.4, 0.5) is 0 Å². The van der Waals surface area contributed by atoms with Crippen LogP contribution in [0.1, 0.15) is 17.9 Å². The summed E-state index contributed by atoms with van der Waals surface area (Å²) in [6, 6.07) is 9.09. The maximum atomic E-state index is 5.98. The Hall–Kier alpha value is -1.32. The normalized spacial score (nSPS) is 25.0. The summed E-state index contributed by atoms with van der Waals surface area (Å²) in [5, 5.41) is 1.34. The average molecular weight is 257 g/mol. The molecule has 1 aromatic heterocycles. The summed E-state index contributed by atoms with van der Waals surface area (Å²) in [6.07, 6.45) is 3.35. The molecule has 2 heterocycles. The van der Waals surface area contributed by atoms with E-state index in [1.165, 1.54) is 29.4 Å². The van der Waals surface area contributed by atoms with Crippen molar-refractivity contribution in [1.29, 1.82) is 0 Å². The lowest BCUT2D eigenvalue weighted by Crippen LogP contribution is -2.40. The number of fused-ring (bicyclic) bond motifs is 1. The topological polar surface area (TPSA) is 34.2 Å². The molecule has 2 atom stereocenters. The molecule has 3 nitrogen and oxygen atoms in total. The van der Waals surface area contributed by atoms with E-state index in [2.05, 4.69) is 54.0 Å². The van der Waals surface area contributed by atoms with Gasteiger partial charge in [0.15, 0.2) is 0 Å². The molecule has 0 amide bonds. The fourth-order valence-electron chi connectivity index (χ4n) is 3.42. The average Bonchev–Trinajstić information content (AvgIpc) is 2.79. The first kappa shape index (κ1) is 12.7. The van der Waals surface area contributed by atoms with E-state index in [1.807, 2.05) is 0 Å². The fourth-order valence-corrected chi connectivity index (χ4v) is 3.42. The molecule has 1 fully saturated rings. The number of nitrogens with two attached hydrogens (primary N) is 1. The van der Waals surface area contributed by atoms with Crippen molar-refractivity contribution in [2.24, 2.45) is 18.7 Å². The van der Waals surface area contributed by atoms with Crippen LogP contribution in [0, 0.1) is 5.92 Å². The summed E-state index contributed by atoms with van der Waals surface area (Å²) < 4.78 is 2.17. The third-order valence-corrected chi connectivity index (χ3v) is 4.58. The van der Waals surface area contributed by atoms with Crippen molar-refractivity contribution in [2.75, 3.05) is 26.7 Å². The number of hydrogen-bond donors (Lipinski definition) is 1. The van der Waals surface area contributed by atoms with Gasteiger partial charge in [-0.15, -0.1) is 0 Å².